The number of hydrogen-bond donors (Lipinski definition) is 0. The fourth-order valence-corrected chi connectivity index (χ4v) is 4.14. The molecule has 3 heteroatoms. The summed E-state index contributed by atoms with van der Waals surface area (Å²) in [4.78, 5) is 11.7. The summed E-state index contributed by atoms with van der Waals surface area (Å²) in [6.07, 6.45) is 9.37. The van der Waals surface area contributed by atoms with Gasteiger partial charge in [0.1, 0.15) is 18.1 Å². The molecule has 33 heavy (non-hydrogen) atoms. The van der Waals surface area contributed by atoms with Gasteiger partial charge in [-0.25, -0.2) is 0 Å². The monoisotopic (exact) mass is 444 g/mol. The summed E-state index contributed by atoms with van der Waals surface area (Å²) in [6.45, 7) is 4.83. The van der Waals surface area contributed by atoms with Crippen molar-refractivity contribution < 1.29 is 14.3 Å². The van der Waals surface area contributed by atoms with E-state index in [4.69, 9.17) is 9.47 Å². The van der Waals surface area contributed by atoms with Crippen LogP contribution >= 0.6 is 0 Å². The second kappa shape index (κ2) is 13.5. The molecule has 0 aliphatic heterocycles. The Labute approximate surface area is 198 Å². The lowest BCUT2D eigenvalue weighted by Gasteiger charge is -2.21. The van der Waals surface area contributed by atoms with Crippen molar-refractivity contribution in [1.29, 1.82) is 0 Å². The summed E-state index contributed by atoms with van der Waals surface area (Å²) in [6, 6.07) is 23.6. The summed E-state index contributed by atoms with van der Waals surface area (Å²) in [5.74, 6) is 1.59. The molecule has 0 bridgehead atoms. The molecular formula is C30H36O3. The SMILES string of the molecule is CCCCCCC(CCC)Oc1ccccc1COc1cccc(C=O)c1-c1ccccc1. The third kappa shape index (κ3) is 7.21. The van der Waals surface area contributed by atoms with Crippen molar-refractivity contribution in [3.63, 3.8) is 0 Å². The van der Waals surface area contributed by atoms with Crippen LogP contribution in [-0.4, -0.2) is 12.4 Å². The van der Waals surface area contributed by atoms with Crippen molar-refractivity contribution in [3.8, 4) is 22.6 Å². The van der Waals surface area contributed by atoms with Gasteiger partial charge in [-0.3, -0.25) is 4.79 Å². The Bertz CT molecular complexity index is 981. The number of hydrogen-bond acceptors (Lipinski definition) is 3. The minimum Gasteiger partial charge on any atom is -0.490 e. The Morgan fingerprint density at radius 3 is 2.27 bits per heavy atom. The van der Waals surface area contributed by atoms with Crippen molar-refractivity contribution >= 4 is 6.29 Å². The average Bonchev–Trinajstić information content (AvgIpc) is 2.86. The van der Waals surface area contributed by atoms with Gasteiger partial charge in [-0.15, -0.1) is 0 Å². The maximum Gasteiger partial charge on any atom is 0.150 e. The highest BCUT2D eigenvalue weighted by molar-refractivity contribution is 5.90. The quantitative estimate of drug-likeness (QED) is 0.185. The maximum atomic E-state index is 11.7. The molecule has 0 aromatic heterocycles. The van der Waals surface area contributed by atoms with Gasteiger partial charge in [0.15, 0.2) is 6.29 Å². The van der Waals surface area contributed by atoms with E-state index in [1.807, 2.05) is 66.7 Å². The topological polar surface area (TPSA) is 35.5 Å². The number of aldehydes is 1. The lowest BCUT2D eigenvalue weighted by Crippen LogP contribution is -2.17. The molecule has 0 heterocycles. The third-order valence-corrected chi connectivity index (χ3v) is 5.89. The fourth-order valence-electron chi connectivity index (χ4n) is 4.14. The van der Waals surface area contributed by atoms with Gasteiger partial charge in [-0.05, 0) is 37.0 Å². The van der Waals surface area contributed by atoms with Crippen LogP contribution in [0.1, 0.15) is 74.7 Å². The molecule has 0 fully saturated rings. The number of carbonyl (C=O) groups excluding carboxylic acids is 1. The summed E-state index contributed by atoms with van der Waals surface area (Å²) >= 11 is 0. The zero-order valence-electron chi connectivity index (χ0n) is 20.0. The largest absolute Gasteiger partial charge is 0.490 e. The number of carbonyl (C=O) groups is 1. The first-order valence-corrected chi connectivity index (χ1v) is 12.3. The molecule has 0 saturated heterocycles. The van der Waals surface area contributed by atoms with Crippen LogP contribution in [0.2, 0.25) is 0 Å². The maximum absolute atomic E-state index is 11.7. The van der Waals surface area contributed by atoms with E-state index >= 15 is 0 Å². The lowest BCUT2D eigenvalue weighted by molar-refractivity contribution is 0.112. The first-order valence-electron chi connectivity index (χ1n) is 12.3. The van der Waals surface area contributed by atoms with Crippen LogP contribution in [0.15, 0.2) is 72.8 Å². The Morgan fingerprint density at radius 1 is 0.758 bits per heavy atom. The van der Waals surface area contributed by atoms with Gasteiger partial charge in [0.25, 0.3) is 0 Å². The van der Waals surface area contributed by atoms with Gasteiger partial charge in [-0.1, -0.05) is 100 Å². The van der Waals surface area contributed by atoms with Gasteiger partial charge in [0.2, 0.25) is 0 Å². The van der Waals surface area contributed by atoms with Crippen LogP contribution in [0, 0.1) is 0 Å². The third-order valence-electron chi connectivity index (χ3n) is 5.89. The molecule has 0 spiro atoms. The summed E-state index contributed by atoms with van der Waals surface area (Å²) < 4.78 is 12.8. The Kier molecular flexibility index (Phi) is 10.0. The molecule has 0 radical (unpaired) electrons. The van der Waals surface area contributed by atoms with Crippen molar-refractivity contribution in [2.75, 3.05) is 0 Å². The first kappa shape index (κ1) is 24.6. The number of unbranched alkanes of at least 4 members (excludes halogenated alkanes) is 3. The highest BCUT2D eigenvalue weighted by Gasteiger charge is 2.15. The smallest absolute Gasteiger partial charge is 0.150 e. The van der Waals surface area contributed by atoms with Crippen LogP contribution in [0.3, 0.4) is 0 Å². The van der Waals surface area contributed by atoms with E-state index in [0.29, 0.717) is 17.9 Å². The molecule has 0 saturated carbocycles. The van der Waals surface area contributed by atoms with Gasteiger partial charge in [0.05, 0.1) is 6.10 Å². The molecule has 3 aromatic carbocycles. The molecule has 3 aromatic rings. The zero-order chi connectivity index (χ0) is 23.3. The Balaban J connectivity index is 1.76. The average molecular weight is 445 g/mol. The summed E-state index contributed by atoms with van der Waals surface area (Å²) in [5, 5.41) is 0. The molecule has 3 nitrogen and oxygen atoms in total. The zero-order valence-corrected chi connectivity index (χ0v) is 20.0. The molecule has 0 aliphatic rings. The van der Waals surface area contributed by atoms with Crippen molar-refractivity contribution in [2.24, 2.45) is 0 Å². The highest BCUT2D eigenvalue weighted by Crippen LogP contribution is 2.34. The van der Waals surface area contributed by atoms with Gasteiger partial charge in [-0.2, -0.15) is 0 Å². The molecule has 3 rings (SSSR count). The molecule has 0 aliphatic carbocycles. The summed E-state index contributed by atoms with van der Waals surface area (Å²) in [5.41, 5.74) is 3.43. The lowest BCUT2D eigenvalue weighted by atomic mass is 9.99. The standard InChI is InChI=1S/C30H36O3/c1-3-5-6-10-19-27(14-4-2)33-28-20-12-11-17-26(28)23-32-29-21-13-18-25(22-31)30(29)24-15-8-7-9-16-24/h7-9,11-13,15-18,20-22,27H,3-6,10,14,19,23H2,1-2H3. The number of para-hydroxylation sites is 1. The number of benzene rings is 3. The van der Waals surface area contributed by atoms with E-state index in [1.54, 1.807) is 0 Å². The molecule has 0 N–H and O–H groups in total. The Morgan fingerprint density at radius 2 is 1.52 bits per heavy atom. The van der Waals surface area contributed by atoms with Crippen molar-refractivity contribution in [2.45, 2.75) is 71.5 Å². The van der Waals surface area contributed by atoms with E-state index in [-0.39, 0.29) is 6.10 Å². The fraction of sp³-hybridized carbons (Fsp3) is 0.367. The van der Waals surface area contributed by atoms with Gasteiger partial charge < -0.3 is 9.47 Å². The van der Waals surface area contributed by atoms with E-state index in [2.05, 4.69) is 19.9 Å². The predicted molar refractivity (Wildman–Crippen MR) is 136 cm³/mol. The van der Waals surface area contributed by atoms with Gasteiger partial charge in [0, 0.05) is 16.7 Å². The Hall–Kier alpha value is -3.07. The van der Waals surface area contributed by atoms with Crippen molar-refractivity contribution in [1.82, 2.24) is 0 Å². The highest BCUT2D eigenvalue weighted by atomic mass is 16.5. The second-order valence-corrected chi connectivity index (χ2v) is 8.48. The number of rotatable bonds is 14. The second-order valence-electron chi connectivity index (χ2n) is 8.48. The van der Waals surface area contributed by atoms with Crippen LogP contribution in [0.25, 0.3) is 11.1 Å². The van der Waals surface area contributed by atoms with Crippen LogP contribution in [0.5, 0.6) is 11.5 Å². The van der Waals surface area contributed by atoms with E-state index in [0.717, 1.165) is 48.0 Å². The minimum absolute atomic E-state index is 0.228. The van der Waals surface area contributed by atoms with Gasteiger partial charge >= 0.3 is 0 Å². The minimum atomic E-state index is 0.228. The molecule has 1 unspecified atom stereocenters. The van der Waals surface area contributed by atoms with Crippen molar-refractivity contribution in [3.05, 3.63) is 83.9 Å². The predicted octanol–water partition coefficient (Wildman–Crippen LogP) is 8.26. The molecule has 0 amide bonds. The van der Waals surface area contributed by atoms with Crippen LogP contribution in [-0.2, 0) is 6.61 Å². The van der Waals surface area contributed by atoms with E-state index in [1.165, 1.54) is 25.7 Å². The molecule has 174 valence electrons. The van der Waals surface area contributed by atoms with E-state index in [9.17, 15) is 4.79 Å². The molecular weight excluding hydrogens is 408 g/mol. The number of ether oxygens (including phenoxy) is 2. The van der Waals surface area contributed by atoms with Crippen LogP contribution in [0.4, 0.5) is 0 Å². The van der Waals surface area contributed by atoms with Crippen LogP contribution < -0.4 is 9.47 Å². The summed E-state index contributed by atoms with van der Waals surface area (Å²) in [7, 11) is 0. The van der Waals surface area contributed by atoms with E-state index < -0.39 is 0 Å². The normalized spacial score (nSPS) is 11.7. The molecule has 1 atom stereocenters. The first-order chi connectivity index (χ1) is 16.3.